The van der Waals surface area contributed by atoms with E-state index in [1.807, 2.05) is 0 Å². The Morgan fingerprint density at radius 3 is 2.14 bits per heavy atom. The Morgan fingerprint density at radius 2 is 1.64 bits per heavy atom. The quantitative estimate of drug-likeness (QED) is 0.783. The summed E-state index contributed by atoms with van der Waals surface area (Å²) in [6, 6.07) is 11.8. The number of rotatable bonds is 2. The number of hydrogen-bond acceptors (Lipinski definition) is 2. The van der Waals surface area contributed by atoms with E-state index in [1.165, 1.54) is 18.2 Å². The predicted molar refractivity (Wildman–Crippen MR) is 75.1 cm³/mol. The third kappa shape index (κ3) is 3.02. The zero-order valence-electron chi connectivity index (χ0n) is 11.5. The van der Waals surface area contributed by atoms with Crippen molar-refractivity contribution in [3.63, 3.8) is 0 Å². The smallest absolute Gasteiger partial charge is 0.344 e. The zero-order valence-corrected chi connectivity index (χ0v) is 11.5. The van der Waals surface area contributed by atoms with Crippen molar-refractivity contribution < 1.29 is 13.2 Å². The summed E-state index contributed by atoms with van der Waals surface area (Å²) in [6.07, 6.45) is -2.94. The first-order valence-corrected chi connectivity index (χ1v) is 6.22. The van der Waals surface area contributed by atoms with E-state index in [0.717, 1.165) is 12.1 Å². The van der Waals surface area contributed by atoms with E-state index in [2.05, 4.69) is 0 Å². The van der Waals surface area contributed by atoms with Crippen molar-refractivity contribution in [3.8, 4) is 23.4 Å². The minimum Gasteiger partial charge on any atom is -0.344 e. The topological polar surface area (TPSA) is 52.5 Å². The summed E-state index contributed by atoms with van der Waals surface area (Å²) >= 11 is 0. The monoisotopic (exact) mass is 301 g/mol. The molecular weight excluding hydrogens is 291 g/mol. The minimum atomic E-state index is -4.37. The SMILES string of the molecule is Cn1c(C=C(C#N)C#N)ccc1-c1ccc(C(F)(F)F)cc1. The van der Waals surface area contributed by atoms with Crippen LogP contribution in [0.2, 0.25) is 0 Å². The van der Waals surface area contributed by atoms with E-state index < -0.39 is 11.7 Å². The van der Waals surface area contributed by atoms with Crippen LogP contribution >= 0.6 is 0 Å². The van der Waals surface area contributed by atoms with Gasteiger partial charge in [-0.1, -0.05) is 12.1 Å². The molecule has 0 aliphatic rings. The fraction of sp³-hybridized carbons (Fsp3) is 0.125. The maximum absolute atomic E-state index is 12.6. The Labute approximate surface area is 125 Å². The van der Waals surface area contributed by atoms with Crippen LogP contribution in [-0.4, -0.2) is 4.57 Å². The second-order valence-corrected chi connectivity index (χ2v) is 4.56. The molecule has 1 aromatic heterocycles. The fourth-order valence-electron chi connectivity index (χ4n) is 2.03. The number of benzene rings is 1. The average Bonchev–Trinajstić information content (AvgIpc) is 2.85. The van der Waals surface area contributed by atoms with Gasteiger partial charge in [0.2, 0.25) is 0 Å². The Hall–Kier alpha value is -2.99. The maximum Gasteiger partial charge on any atom is 0.416 e. The molecule has 0 saturated carbocycles. The lowest BCUT2D eigenvalue weighted by molar-refractivity contribution is -0.137. The molecule has 2 aromatic rings. The molecule has 0 radical (unpaired) electrons. The van der Waals surface area contributed by atoms with Crippen LogP contribution in [0.5, 0.6) is 0 Å². The second kappa shape index (κ2) is 5.79. The molecule has 0 fully saturated rings. The fourth-order valence-corrected chi connectivity index (χ4v) is 2.03. The number of nitriles is 2. The first-order valence-electron chi connectivity index (χ1n) is 6.22. The van der Waals surface area contributed by atoms with Crippen LogP contribution in [0.1, 0.15) is 11.3 Å². The molecule has 2 rings (SSSR count). The van der Waals surface area contributed by atoms with Gasteiger partial charge in [-0.3, -0.25) is 0 Å². The van der Waals surface area contributed by atoms with Crippen molar-refractivity contribution in [2.75, 3.05) is 0 Å². The summed E-state index contributed by atoms with van der Waals surface area (Å²) in [7, 11) is 1.71. The van der Waals surface area contributed by atoms with Gasteiger partial charge in [-0.2, -0.15) is 23.7 Å². The Morgan fingerprint density at radius 1 is 1.05 bits per heavy atom. The standard InChI is InChI=1S/C16H10F3N3/c1-22-14(8-11(9-20)10-21)6-7-15(22)12-2-4-13(5-3-12)16(17,18)19/h2-8H,1H3. The third-order valence-electron chi connectivity index (χ3n) is 3.20. The van der Waals surface area contributed by atoms with Crippen LogP contribution in [0.3, 0.4) is 0 Å². The van der Waals surface area contributed by atoms with Gasteiger partial charge >= 0.3 is 6.18 Å². The molecule has 1 heterocycles. The van der Waals surface area contributed by atoms with Gasteiger partial charge < -0.3 is 4.57 Å². The Bertz CT molecular complexity index is 781. The Balaban J connectivity index is 2.40. The van der Waals surface area contributed by atoms with Crippen LogP contribution in [0, 0.1) is 22.7 Å². The summed E-state index contributed by atoms with van der Waals surface area (Å²) in [5, 5.41) is 17.5. The molecule has 0 atom stereocenters. The molecular formula is C16H10F3N3. The lowest BCUT2D eigenvalue weighted by Gasteiger charge is -2.09. The molecule has 0 bridgehead atoms. The second-order valence-electron chi connectivity index (χ2n) is 4.56. The summed E-state index contributed by atoms with van der Waals surface area (Å²) in [5.41, 5.74) is 1.18. The molecule has 3 nitrogen and oxygen atoms in total. The van der Waals surface area contributed by atoms with Gasteiger partial charge in [-0.05, 0) is 35.9 Å². The molecule has 0 saturated heterocycles. The van der Waals surface area contributed by atoms with Crippen molar-refractivity contribution in [2.45, 2.75) is 6.18 Å². The highest BCUT2D eigenvalue weighted by atomic mass is 19.4. The molecule has 22 heavy (non-hydrogen) atoms. The van der Waals surface area contributed by atoms with Gasteiger partial charge in [0.1, 0.15) is 17.7 Å². The molecule has 1 aromatic carbocycles. The lowest BCUT2D eigenvalue weighted by atomic mass is 10.1. The van der Waals surface area contributed by atoms with Crippen molar-refractivity contribution in [1.29, 1.82) is 10.5 Å². The van der Waals surface area contributed by atoms with Crippen LogP contribution in [0.15, 0.2) is 42.0 Å². The molecule has 6 heteroatoms. The molecule has 0 aliphatic carbocycles. The number of hydrogen-bond donors (Lipinski definition) is 0. The average molecular weight is 301 g/mol. The van der Waals surface area contributed by atoms with Gasteiger partial charge in [0.25, 0.3) is 0 Å². The van der Waals surface area contributed by atoms with E-state index in [9.17, 15) is 13.2 Å². The summed E-state index contributed by atoms with van der Waals surface area (Å²) in [4.78, 5) is 0. The highest BCUT2D eigenvalue weighted by Gasteiger charge is 2.30. The van der Waals surface area contributed by atoms with E-state index in [1.54, 1.807) is 35.9 Å². The molecule has 110 valence electrons. The summed E-state index contributed by atoms with van der Waals surface area (Å²) < 4.78 is 39.4. The van der Waals surface area contributed by atoms with Crippen LogP contribution in [0.25, 0.3) is 17.3 Å². The van der Waals surface area contributed by atoms with Gasteiger partial charge in [0, 0.05) is 18.4 Å². The van der Waals surface area contributed by atoms with Crippen LogP contribution in [0.4, 0.5) is 13.2 Å². The van der Waals surface area contributed by atoms with E-state index in [0.29, 0.717) is 17.0 Å². The van der Waals surface area contributed by atoms with Gasteiger partial charge in [-0.25, -0.2) is 0 Å². The highest BCUT2D eigenvalue weighted by molar-refractivity contribution is 5.67. The van der Waals surface area contributed by atoms with Gasteiger partial charge in [0.15, 0.2) is 0 Å². The lowest BCUT2D eigenvalue weighted by Crippen LogP contribution is -2.04. The molecule has 0 aliphatic heterocycles. The number of nitrogens with zero attached hydrogens (tertiary/aromatic N) is 3. The van der Waals surface area contributed by atoms with Gasteiger partial charge in [0.05, 0.1) is 5.56 Å². The van der Waals surface area contributed by atoms with Crippen molar-refractivity contribution in [2.24, 2.45) is 7.05 Å². The number of allylic oxidation sites excluding steroid dienone is 1. The Kier molecular flexibility index (Phi) is 4.05. The first kappa shape index (κ1) is 15.4. The normalized spacial score (nSPS) is 10.6. The van der Waals surface area contributed by atoms with E-state index in [-0.39, 0.29) is 5.57 Å². The van der Waals surface area contributed by atoms with E-state index in [4.69, 9.17) is 10.5 Å². The summed E-state index contributed by atoms with van der Waals surface area (Å²) in [5.74, 6) is 0. The highest BCUT2D eigenvalue weighted by Crippen LogP contribution is 2.31. The van der Waals surface area contributed by atoms with Crippen molar-refractivity contribution in [1.82, 2.24) is 4.57 Å². The molecule has 0 unspecified atom stereocenters. The van der Waals surface area contributed by atoms with Crippen molar-refractivity contribution in [3.05, 3.63) is 53.2 Å². The molecule has 0 spiro atoms. The minimum absolute atomic E-state index is 0.0415. The van der Waals surface area contributed by atoms with Gasteiger partial charge in [-0.15, -0.1) is 0 Å². The number of aromatic nitrogens is 1. The number of alkyl halides is 3. The van der Waals surface area contributed by atoms with Crippen LogP contribution < -0.4 is 0 Å². The van der Waals surface area contributed by atoms with Crippen molar-refractivity contribution >= 4 is 6.08 Å². The van der Waals surface area contributed by atoms with E-state index >= 15 is 0 Å². The molecule has 0 amide bonds. The van der Waals surface area contributed by atoms with Crippen LogP contribution in [-0.2, 0) is 13.2 Å². The first-order chi connectivity index (χ1) is 10.4. The largest absolute Gasteiger partial charge is 0.416 e. The number of halogens is 3. The maximum atomic E-state index is 12.6. The molecule has 0 N–H and O–H groups in total. The zero-order chi connectivity index (χ0) is 16.3. The predicted octanol–water partition coefficient (Wildman–Crippen LogP) is 4.14. The summed E-state index contributed by atoms with van der Waals surface area (Å²) in [6.45, 7) is 0. The third-order valence-corrected chi connectivity index (χ3v) is 3.20.